The lowest BCUT2D eigenvalue weighted by Gasteiger charge is -1.12. The van der Waals surface area contributed by atoms with Gasteiger partial charge >= 0.3 is 0 Å². The van der Waals surface area contributed by atoms with E-state index in [0.717, 1.165) is 0 Å². The van der Waals surface area contributed by atoms with Gasteiger partial charge < -0.3 is 5.48 Å². The summed E-state index contributed by atoms with van der Waals surface area (Å²) in [6, 6.07) is 3.06. The first-order chi connectivity index (χ1) is 1.89. The van der Waals surface area contributed by atoms with Crippen molar-refractivity contribution in [1.29, 1.82) is 0 Å². The maximum atomic E-state index is 9.44. The summed E-state index contributed by atoms with van der Waals surface area (Å²) in [6.07, 6.45) is 0. The fourth-order valence-electron chi connectivity index (χ4n) is 0.0340. The summed E-state index contributed by atoms with van der Waals surface area (Å²) >= 11 is 0. The van der Waals surface area contributed by atoms with E-state index in [-0.39, 0.29) is 10.9 Å². The third kappa shape index (κ3) is 1.13. The van der Waals surface area contributed by atoms with E-state index < -0.39 is 0 Å². The Morgan fingerprint density at radius 2 is 1.60 bits per heavy atom. The molecule has 0 atom stereocenters. The minimum atomic E-state index is 0. The molecule has 0 saturated carbocycles. The van der Waals surface area contributed by atoms with Crippen molar-refractivity contribution in [1.82, 2.24) is 0 Å². The fourth-order valence-corrected chi connectivity index (χ4v) is 0.0340. The summed E-state index contributed by atoms with van der Waals surface area (Å²) in [6.45, 7) is 0. The van der Waals surface area contributed by atoms with Crippen LogP contribution >= 0.6 is 0 Å². The molecular weight excluding hydrogens is 68.0 g/mol. The molecule has 0 aromatic heterocycles. The van der Waals surface area contributed by atoms with Crippen LogP contribution < -0.4 is 5.43 Å². The summed E-state index contributed by atoms with van der Waals surface area (Å²) in [7, 11) is 0. The Bertz CT molecular complexity index is 93.7. The van der Waals surface area contributed by atoms with Crippen LogP contribution in [0.25, 0.3) is 0 Å². The molecule has 1 rings (SSSR count). The van der Waals surface area contributed by atoms with Crippen LogP contribution in [-0.4, -0.2) is 5.48 Å². The molecule has 0 bridgehead atoms. The third-order valence-corrected chi connectivity index (χ3v) is 0.303. The van der Waals surface area contributed by atoms with Crippen LogP contribution in [0.1, 0.15) is 0 Å². The highest BCUT2D eigenvalue weighted by Crippen LogP contribution is 1.61. The van der Waals surface area contributed by atoms with E-state index in [1.165, 1.54) is 12.1 Å². The Labute approximate surface area is 29.0 Å². The van der Waals surface area contributed by atoms with Crippen molar-refractivity contribution in [3.63, 3.8) is 0 Å². The van der Waals surface area contributed by atoms with Gasteiger partial charge in [-0.2, -0.15) is 0 Å². The SMILES string of the molecule is O.O=c1cc1. The second-order valence-corrected chi connectivity index (χ2v) is 0.736. The molecule has 0 aliphatic rings. The van der Waals surface area contributed by atoms with Crippen molar-refractivity contribution in [3.8, 4) is 0 Å². The van der Waals surface area contributed by atoms with Gasteiger partial charge in [0, 0.05) is 0 Å². The largest absolute Gasteiger partial charge is 0.412 e. The van der Waals surface area contributed by atoms with Gasteiger partial charge in [-0.05, 0) is 12.1 Å². The molecule has 0 aliphatic heterocycles. The second kappa shape index (κ2) is 0.991. The molecule has 1 aromatic rings. The van der Waals surface area contributed by atoms with Gasteiger partial charge in [-0.1, -0.05) is 0 Å². The lowest BCUT2D eigenvalue weighted by Crippen LogP contribution is -1.61. The van der Waals surface area contributed by atoms with E-state index in [0.29, 0.717) is 0 Å². The van der Waals surface area contributed by atoms with Gasteiger partial charge in [0.1, 0.15) is 0 Å². The standard InChI is InChI=1S/C3H2O.H2O/c4-3-1-2-3;/h1-2H;1H2. The minimum Gasteiger partial charge on any atom is -0.412 e. The van der Waals surface area contributed by atoms with Gasteiger partial charge in [0.25, 0.3) is 0 Å². The van der Waals surface area contributed by atoms with E-state index in [1.54, 1.807) is 0 Å². The number of rotatable bonds is 0. The van der Waals surface area contributed by atoms with Crippen molar-refractivity contribution in [2.24, 2.45) is 0 Å². The Morgan fingerprint density at radius 3 is 1.60 bits per heavy atom. The van der Waals surface area contributed by atoms with E-state index in [2.05, 4.69) is 0 Å². The maximum Gasteiger partial charge on any atom is 0.178 e. The molecule has 2 N–H and O–H groups in total. The van der Waals surface area contributed by atoms with Crippen molar-refractivity contribution in [2.75, 3.05) is 0 Å². The van der Waals surface area contributed by atoms with Gasteiger partial charge in [0.05, 0.1) is 0 Å². The molecule has 0 amide bonds. The average Bonchev–Trinajstić information content (AvgIpc) is 1.75. The Hall–Kier alpha value is -0.630. The first-order valence-electron chi connectivity index (χ1n) is 1.11. The lowest BCUT2D eigenvalue weighted by atomic mass is 11.1. The Balaban J connectivity index is 0.000000160. The summed E-state index contributed by atoms with van der Waals surface area (Å²) < 4.78 is 0. The lowest BCUT2D eigenvalue weighted by molar-refractivity contribution is 0.824. The normalized spacial score (nSPS) is 7.20. The Morgan fingerprint density at radius 1 is 1.40 bits per heavy atom. The Kier molecular flexibility index (Phi) is 0.866. The molecule has 1 aromatic carbocycles. The molecule has 28 valence electrons. The molecule has 5 heavy (non-hydrogen) atoms. The van der Waals surface area contributed by atoms with E-state index in [9.17, 15) is 4.79 Å². The smallest absolute Gasteiger partial charge is 0.178 e. The zero-order valence-corrected chi connectivity index (χ0v) is 2.56. The van der Waals surface area contributed by atoms with Gasteiger partial charge in [0.15, 0.2) is 5.43 Å². The summed E-state index contributed by atoms with van der Waals surface area (Å²) in [5.41, 5.74) is 0.167. The van der Waals surface area contributed by atoms with Crippen LogP contribution in [0.4, 0.5) is 0 Å². The zero-order chi connectivity index (χ0) is 2.99. The molecule has 0 radical (unpaired) electrons. The van der Waals surface area contributed by atoms with Crippen LogP contribution in [0.3, 0.4) is 0 Å². The predicted octanol–water partition coefficient (Wildman–Crippen LogP) is -0.902. The van der Waals surface area contributed by atoms with E-state index in [4.69, 9.17) is 0 Å². The minimum absolute atomic E-state index is 0. The topological polar surface area (TPSA) is 48.6 Å². The molecular formula is C3H4O2. The number of hydrogen-bond acceptors (Lipinski definition) is 1. The molecule has 2 nitrogen and oxygen atoms in total. The van der Waals surface area contributed by atoms with Crippen molar-refractivity contribution < 1.29 is 5.48 Å². The average molecular weight is 72.1 g/mol. The summed E-state index contributed by atoms with van der Waals surface area (Å²) in [5, 5.41) is 0. The predicted molar refractivity (Wildman–Crippen MR) is 18.7 cm³/mol. The van der Waals surface area contributed by atoms with Crippen molar-refractivity contribution >= 4 is 0 Å². The maximum absolute atomic E-state index is 9.44. The highest BCUT2D eigenvalue weighted by Gasteiger charge is 1.78. The summed E-state index contributed by atoms with van der Waals surface area (Å²) in [5.74, 6) is 0. The monoisotopic (exact) mass is 72.0 g/mol. The van der Waals surface area contributed by atoms with Crippen LogP contribution in [0.5, 0.6) is 0 Å². The molecule has 0 heterocycles. The molecule has 0 saturated heterocycles. The molecule has 2 heteroatoms. The van der Waals surface area contributed by atoms with Crippen molar-refractivity contribution in [2.45, 2.75) is 0 Å². The van der Waals surface area contributed by atoms with Gasteiger partial charge in [-0.3, -0.25) is 4.79 Å². The fraction of sp³-hybridized carbons (Fsp3) is 0. The van der Waals surface area contributed by atoms with Gasteiger partial charge in [-0.25, -0.2) is 0 Å². The zero-order valence-electron chi connectivity index (χ0n) is 2.56. The molecule has 0 fully saturated rings. The summed E-state index contributed by atoms with van der Waals surface area (Å²) in [4.78, 5) is 9.44. The third-order valence-electron chi connectivity index (χ3n) is 0.303. The van der Waals surface area contributed by atoms with Gasteiger partial charge in [0.2, 0.25) is 0 Å². The molecule has 0 spiro atoms. The van der Waals surface area contributed by atoms with Crippen LogP contribution in [0, 0.1) is 0 Å². The molecule has 0 aliphatic carbocycles. The van der Waals surface area contributed by atoms with Crippen LogP contribution in [0.15, 0.2) is 16.9 Å². The van der Waals surface area contributed by atoms with Crippen LogP contribution in [-0.2, 0) is 0 Å². The molecule has 0 unspecified atom stereocenters. The van der Waals surface area contributed by atoms with Gasteiger partial charge in [-0.15, -0.1) is 0 Å². The first-order valence-corrected chi connectivity index (χ1v) is 1.11. The quantitative estimate of drug-likeness (QED) is 0.391. The second-order valence-electron chi connectivity index (χ2n) is 0.736. The highest BCUT2D eigenvalue weighted by molar-refractivity contribution is 5.00. The van der Waals surface area contributed by atoms with Crippen molar-refractivity contribution in [3.05, 3.63) is 22.4 Å². The number of hydrogen-bond donors (Lipinski definition) is 0. The first kappa shape index (κ1) is 4.37. The highest BCUT2D eigenvalue weighted by atomic mass is 16.1. The van der Waals surface area contributed by atoms with Crippen LogP contribution in [0.2, 0.25) is 0 Å². The van der Waals surface area contributed by atoms with E-state index in [1.807, 2.05) is 0 Å². The van der Waals surface area contributed by atoms with E-state index >= 15 is 0 Å².